The predicted molar refractivity (Wildman–Crippen MR) is 376 cm³/mol. The second kappa shape index (κ2) is 66.4. The summed E-state index contributed by atoms with van der Waals surface area (Å²) >= 11 is 0. The molecule has 1 amide bonds. The molecule has 9 atom stereocenters. The van der Waals surface area contributed by atoms with Crippen molar-refractivity contribution in [1.82, 2.24) is 5.32 Å². The Morgan fingerprint density at radius 3 is 1.00 bits per heavy atom. The minimum Gasteiger partial charge on any atom is -0.394 e. The van der Waals surface area contributed by atoms with E-state index in [1.54, 1.807) is 0 Å². The number of nitrogens with one attached hydrogen (secondary N) is 1. The van der Waals surface area contributed by atoms with Crippen molar-refractivity contribution >= 4 is 5.91 Å². The Balaban J connectivity index is 2.18. The number of aliphatic hydroxyl groups is 7. The van der Waals surface area contributed by atoms with Crippen LogP contribution in [0.15, 0.2) is 36.5 Å². The number of unbranched alkanes of at least 4 members (excludes halogenated alkanes) is 51. The van der Waals surface area contributed by atoms with Crippen LogP contribution in [0.4, 0.5) is 0 Å². The molecule has 1 fully saturated rings. The molecule has 9 unspecified atom stereocenters. The lowest BCUT2D eigenvalue weighted by molar-refractivity contribution is -0.303. The maximum Gasteiger partial charge on any atom is 0.249 e. The number of rotatable bonds is 69. The van der Waals surface area contributed by atoms with Crippen LogP contribution in [0.3, 0.4) is 0 Å². The summed E-state index contributed by atoms with van der Waals surface area (Å²) in [5.74, 6) is -0.705. The molecule has 0 spiro atoms. The highest BCUT2D eigenvalue weighted by molar-refractivity contribution is 5.80. The molecule has 0 bridgehead atoms. The van der Waals surface area contributed by atoms with Crippen LogP contribution in [0, 0.1) is 0 Å². The molecule has 0 saturated carbocycles. The SMILES string of the molecule is CCCCCCCCCCCCCCCCCCC/C=C/CC/C=C/CC/C=C/CCCC(O)C(O)C(COC1OC(CO)C(O)C(O)C1O)NC(=O)C(O)CCCCCCCCCCCCCCCCCCCCCCCCCCCCCCCCCC. The third-order valence-corrected chi connectivity index (χ3v) is 18.9. The van der Waals surface area contributed by atoms with Crippen LogP contribution in [0.1, 0.15) is 386 Å². The van der Waals surface area contributed by atoms with Gasteiger partial charge in [0.25, 0.3) is 0 Å². The van der Waals surface area contributed by atoms with Gasteiger partial charge in [0.05, 0.1) is 25.4 Å². The average Bonchev–Trinajstić information content (AvgIpc) is 2.24. The predicted octanol–water partition coefficient (Wildman–Crippen LogP) is 19.7. The summed E-state index contributed by atoms with van der Waals surface area (Å²) in [4.78, 5) is 13.3. The second-order valence-electron chi connectivity index (χ2n) is 27.4. The van der Waals surface area contributed by atoms with Crippen LogP contribution in [-0.2, 0) is 14.3 Å². The van der Waals surface area contributed by atoms with Gasteiger partial charge in [0.2, 0.25) is 5.91 Å². The van der Waals surface area contributed by atoms with Crippen molar-refractivity contribution in [2.45, 2.75) is 441 Å². The van der Waals surface area contributed by atoms with E-state index in [1.165, 1.54) is 295 Å². The normalized spacial score (nSPS) is 18.7. The van der Waals surface area contributed by atoms with Crippen molar-refractivity contribution in [1.29, 1.82) is 0 Å². The molecular weight excluding hydrogens is 1110 g/mol. The lowest BCUT2D eigenvalue weighted by atomic mass is 9.98. The first kappa shape index (κ1) is 85.3. The third-order valence-electron chi connectivity index (χ3n) is 18.9. The summed E-state index contributed by atoms with van der Waals surface area (Å²) in [7, 11) is 0. The first-order valence-corrected chi connectivity index (χ1v) is 38.9. The summed E-state index contributed by atoms with van der Waals surface area (Å²) in [6, 6.07) is -1.20. The molecule has 0 radical (unpaired) electrons. The zero-order valence-electron chi connectivity index (χ0n) is 58.4. The van der Waals surface area contributed by atoms with Gasteiger partial charge in [-0.2, -0.15) is 0 Å². The van der Waals surface area contributed by atoms with Gasteiger partial charge in [0, 0.05) is 0 Å². The monoisotopic (exact) mass is 1260 g/mol. The van der Waals surface area contributed by atoms with Crippen molar-refractivity contribution in [3.8, 4) is 0 Å². The van der Waals surface area contributed by atoms with E-state index in [-0.39, 0.29) is 12.8 Å². The number of aliphatic hydroxyl groups excluding tert-OH is 7. The molecule has 0 aliphatic carbocycles. The van der Waals surface area contributed by atoms with Crippen LogP contribution in [-0.4, -0.2) is 110 Å². The lowest BCUT2D eigenvalue weighted by Gasteiger charge is -2.40. The third kappa shape index (κ3) is 53.3. The fourth-order valence-electron chi connectivity index (χ4n) is 12.7. The van der Waals surface area contributed by atoms with Crippen LogP contribution in [0.2, 0.25) is 0 Å². The lowest BCUT2D eigenvalue weighted by Crippen LogP contribution is -2.60. The molecule has 0 aromatic carbocycles. The molecule has 526 valence electrons. The van der Waals surface area contributed by atoms with Crippen LogP contribution in [0.25, 0.3) is 0 Å². The minimum atomic E-state index is -1.67. The Kier molecular flexibility index (Phi) is 63.6. The van der Waals surface area contributed by atoms with Gasteiger partial charge < -0.3 is 50.5 Å². The number of carbonyl (C=O) groups excluding carboxylic acids is 1. The standard InChI is InChI=1S/C78H149NO10/c1-3-5-7-9-11-13-15-17-19-21-23-25-27-29-31-33-35-36-38-40-42-44-46-48-50-52-54-56-58-60-62-64-66-71(82)77(87)79-69(68-88-78-76(86)75(85)74(84)72(67-80)89-78)73(83)70(81)65-63-61-59-57-55-53-51-49-47-45-43-41-39-37-34-32-30-28-26-24-22-20-18-16-14-12-10-8-6-4-2/h41,43,49,51,57,59,69-76,78,80-86H,3-40,42,44-48,50,52-56,58,60-68H2,1-2H3,(H,79,87)/b43-41+,51-49+,59-57+. The van der Waals surface area contributed by atoms with Crippen LogP contribution < -0.4 is 5.32 Å². The van der Waals surface area contributed by atoms with Crippen molar-refractivity contribution < 1.29 is 50.0 Å². The van der Waals surface area contributed by atoms with Gasteiger partial charge in [-0.25, -0.2) is 0 Å². The van der Waals surface area contributed by atoms with Crippen molar-refractivity contribution in [2.75, 3.05) is 13.2 Å². The van der Waals surface area contributed by atoms with Gasteiger partial charge in [-0.05, 0) is 64.2 Å². The van der Waals surface area contributed by atoms with Gasteiger partial charge in [-0.3, -0.25) is 4.79 Å². The molecule has 1 heterocycles. The second-order valence-corrected chi connectivity index (χ2v) is 27.4. The van der Waals surface area contributed by atoms with E-state index in [0.717, 1.165) is 44.9 Å². The fraction of sp³-hybridized carbons (Fsp3) is 0.910. The zero-order valence-corrected chi connectivity index (χ0v) is 58.4. The molecule has 1 saturated heterocycles. The fourth-order valence-corrected chi connectivity index (χ4v) is 12.7. The van der Waals surface area contributed by atoms with Crippen molar-refractivity contribution in [2.24, 2.45) is 0 Å². The first-order chi connectivity index (χ1) is 43.7. The van der Waals surface area contributed by atoms with Crippen LogP contribution in [0.5, 0.6) is 0 Å². The average molecular weight is 1260 g/mol. The topological polar surface area (TPSA) is 189 Å². The highest BCUT2D eigenvalue weighted by Crippen LogP contribution is 2.24. The molecule has 1 aliphatic rings. The van der Waals surface area contributed by atoms with E-state index < -0.39 is 74.2 Å². The van der Waals surface area contributed by atoms with Gasteiger partial charge in [-0.1, -0.05) is 359 Å². The van der Waals surface area contributed by atoms with Gasteiger partial charge in [-0.15, -0.1) is 0 Å². The highest BCUT2D eigenvalue weighted by Gasteiger charge is 2.44. The maximum atomic E-state index is 13.3. The largest absolute Gasteiger partial charge is 0.394 e. The zero-order chi connectivity index (χ0) is 64.6. The molecule has 1 rings (SSSR count). The molecule has 1 aliphatic heterocycles. The van der Waals surface area contributed by atoms with Crippen molar-refractivity contribution in [3.05, 3.63) is 36.5 Å². The summed E-state index contributed by atoms with van der Waals surface area (Å²) < 4.78 is 11.2. The molecule has 0 aromatic rings. The van der Waals surface area contributed by atoms with E-state index in [1.807, 2.05) is 0 Å². The number of ether oxygens (including phenoxy) is 2. The number of carbonyl (C=O) groups is 1. The molecule has 11 heteroatoms. The Morgan fingerprint density at radius 1 is 0.382 bits per heavy atom. The number of hydrogen-bond acceptors (Lipinski definition) is 10. The molecule has 0 aromatic heterocycles. The van der Waals surface area contributed by atoms with Gasteiger partial charge >= 0.3 is 0 Å². The molecule has 8 N–H and O–H groups in total. The smallest absolute Gasteiger partial charge is 0.249 e. The Labute approximate surface area is 549 Å². The van der Waals surface area contributed by atoms with Gasteiger partial charge in [0.15, 0.2) is 6.29 Å². The Morgan fingerprint density at radius 2 is 0.674 bits per heavy atom. The Hall–Kier alpha value is -1.67. The van der Waals surface area contributed by atoms with E-state index >= 15 is 0 Å². The molecule has 11 nitrogen and oxygen atoms in total. The summed E-state index contributed by atoms with van der Waals surface area (Å²) in [6.45, 7) is 3.50. The van der Waals surface area contributed by atoms with Crippen molar-refractivity contribution in [3.63, 3.8) is 0 Å². The number of allylic oxidation sites excluding steroid dienone is 6. The van der Waals surface area contributed by atoms with Gasteiger partial charge in [0.1, 0.15) is 36.6 Å². The van der Waals surface area contributed by atoms with E-state index in [2.05, 4.69) is 55.6 Å². The van der Waals surface area contributed by atoms with E-state index in [4.69, 9.17) is 9.47 Å². The summed E-state index contributed by atoms with van der Waals surface area (Å²) in [5.41, 5.74) is 0. The highest BCUT2D eigenvalue weighted by atomic mass is 16.7. The quantitative estimate of drug-likeness (QED) is 0.0215. The van der Waals surface area contributed by atoms with E-state index in [9.17, 15) is 40.5 Å². The number of hydrogen-bond donors (Lipinski definition) is 8. The number of amides is 1. The van der Waals surface area contributed by atoms with E-state index in [0.29, 0.717) is 19.3 Å². The summed E-state index contributed by atoms with van der Waals surface area (Å²) in [6.07, 6.45) is 75.5. The summed E-state index contributed by atoms with van der Waals surface area (Å²) in [5, 5.41) is 76.6. The molecular formula is C78H149NO10. The minimum absolute atomic E-state index is 0.243. The Bertz CT molecular complexity index is 1540. The van der Waals surface area contributed by atoms with Crippen LogP contribution >= 0.6 is 0 Å². The maximum absolute atomic E-state index is 13.3. The molecule has 89 heavy (non-hydrogen) atoms. The first-order valence-electron chi connectivity index (χ1n) is 38.9.